The third kappa shape index (κ3) is 4.59. The van der Waals surface area contributed by atoms with Gasteiger partial charge >= 0.3 is 0 Å². The first-order valence-corrected chi connectivity index (χ1v) is 9.91. The zero-order valence-electron chi connectivity index (χ0n) is 18.0. The van der Waals surface area contributed by atoms with Crippen molar-refractivity contribution in [2.75, 3.05) is 0 Å². The van der Waals surface area contributed by atoms with E-state index in [1.807, 2.05) is 12.1 Å². The van der Waals surface area contributed by atoms with Crippen molar-refractivity contribution in [1.82, 2.24) is 36.7 Å². The van der Waals surface area contributed by atoms with Crippen molar-refractivity contribution in [3.8, 4) is 17.1 Å². The summed E-state index contributed by atoms with van der Waals surface area (Å²) in [7, 11) is 0. The number of hydrogen-bond acceptors (Lipinski definition) is 7. The fraction of sp³-hybridized carbons (Fsp3) is 0.261. The quantitative estimate of drug-likeness (QED) is 0.458. The standard InChI is InChI=1S/C23H24N6O.H3N/c1-16(2)23(3,18-7-5-17(6-8-18)22-26-28-29-27-22)19-9-11-20(12-10-19)30-15-21-24-13-4-14-25-21;/h4-14,16H,15H2,1-3H3,(H,26,27,28,29);1H3. The highest BCUT2D eigenvalue weighted by Gasteiger charge is 2.32. The number of ether oxygens (including phenoxy) is 1. The molecule has 1 atom stereocenters. The van der Waals surface area contributed by atoms with Crippen LogP contribution in [0.25, 0.3) is 11.4 Å². The van der Waals surface area contributed by atoms with Crippen LogP contribution in [0.2, 0.25) is 0 Å². The lowest BCUT2D eigenvalue weighted by atomic mass is 9.68. The van der Waals surface area contributed by atoms with E-state index in [2.05, 4.69) is 87.8 Å². The van der Waals surface area contributed by atoms with Crippen molar-refractivity contribution in [1.29, 1.82) is 0 Å². The van der Waals surface area contributed by atoms with E-state index in [1.165, 1.54) is 11.1 Å². The van der Waals surface area contributed by atoms with Crippen LogP contribution in [0, 0.1) is 5.92 Å². The smallest absolute Gasteiger partial charge is 0.179 e. The molecule has 4 rings (SSSR count). The number of hydrogen-bond donors (Lipinski definition) is 2. The number of rotatable bonds is 7. The molecule has 1 unspecified atom stereocenters. The van der Waals surface area contributed by atoms with Crippen LogP contribution < -0.4 is 10.9 Å². The zero-order chi connectivity index (χ0) is 21.0. The SMILES string of the molecule is CC(C)C(C)(c1ccc(OCc2ncccn2)cc1)c1ccc(-c2nnn[nH]2)cc1.N. The highest BCUT2D eigenvalue weighted by Crippen LogP contribution is 2.40. The molecule has 4 N–H and O–H groups in total. The average molecular weight is 418 g/mol. The second-order valence-corrected chi connectivity index (χ2v) is 7.66. The largest absolute Gasteiger partial charge is 0.486 e. The first-order chi connectivity index (χ1) is 14.6. The highest BCUT2D eigenvalue weighted by atomic mass is 16.5. The van der Waals surface area contributed by atoms with Crippen molar-refractivity contribution >= 4 is 0 Å². The first kappa shape index (κ1) is 22.0. The third-order valence-electron chi connectivity index (χ3n) is 5.70. The maximum absolute atomic E-state index is 5.84. The van der Waals surface area contributed by atoms with Gasteiger partial charge in [0.1, 0.15) is 12.4 Å². The van der Waals surface area contributed by atoms with Crippen LogP contribution in [-0.2, 0) is 12.0 Å². The predicted octanol–water partition coefficient (Wildman–Crippen LogP) is 4.36. The lowest BCUT2D eigenvalue weighted by molar-refractivity contribution is 0.295. The number of aromatic amines is 1. The van der Waals surface area contributed by atoms with Crippen LogP contribution in [0.5, 0.6) is 5.75 Å². The summed E-state index contributed by atoms with van der Waals surface area (Å²) >= 11 is 0. The highest BCUT2D eigenvalue weighted by molar-refractivity contribution is 5.55. The summed E-state index contributed by atoms with van der Waals surface area (Å²) in [6.45, 7) is 7.10. The normalized spacial score (nSPS) is 12.8. The van der Waals surface area contributed by atoms with Crippen LogP contribution in [0.15, 0.2) is 67.0 Å². The van der Waals surface area contributed by atoms with Gasteiger partial charge in [-0.1, -0.05) is 57.2 Å². The van der Waals surface area contributed by atoms with Crippen LogP contribution in [-0.4, -0.2) is 30.6 Å². The molecule has 0 aliphatic rings. The molecule has 0 spiro atoms. The van der Waals surface area contributed by atoms with Gasteiger partial charge in [-0.2, -0.15) is 0 Å². The number of nitrogens with one attached hydrogen (secondary N) is 1. The molecule has 0 saturated heterocycles. The molecule has 0 amide bonds. The molecule has 8 nitrogen and oxygen atoms in total. The molecule has 4 aromatic rings. The fourth-order valence-electron chi connectivity index (χ4n) is 3.54. The monoisotopic (exact) mass is 417 g/mol. The van der Waals surface area contributed by atoms with E-state index in [4.69, 9.17) is 4.74 Å². The van der Waals surface area contributed by atoms with E-state index in [1.54, 1.807) is 18.5 Å². The maximum Gasteiger partial charge on any atom is 0.179 e. The van der Waals surface area contributed by atoms with Crippen molar-refractivity contribution in [2.45, 2.75) is 32.8 Å². The molecule has 2 aromatic heterocycles. The van der Waals surface area contributed by atoms with Gasteiger partial charge in [0.2, 0.25) is 0 Å². The lowest BCUT2D eigenvalue weighted by Gasteiger charge is -2.35. The van der Waals surface area contributed by atoms with Crippen LogP contribution in [0.4, 0.5) is 0 Å². The molecule has 0 aliphatic heterocycles. The Kier molecular flexibility index (Phi) is 6.71. The molecular weight excluding hydrogens is 390 g/mol. The van der Waals surface area contributed by atoms with E-state index in [0.717, 1.165) is 11.3 Å². The average Bonchev–Trinajstić information content (AvgIpc) is 3.33. The number of benzene rings is 2. The molecule has 31 heavy (non-hydrogen) atoms. The molecule has 0 radical (unpaired) electrons. The van der Waals surface area contributed by atoms with E-state index in [-0.39, 0.29) is 11.6 Å². The van der Waals surface area contributed by atoms with Gasteiger partial charge in [0.15, 0.2) is 11.6 Å². The van der Waals surface area contributed by atoms with Gasteiger partial charge < -0.3 is 10.9 Å². The lowest BCUT2D eigenvalue weighted by Crippen LogP contribution is -2.30. The maximum atomic E-state index is 5.84. The summed E-state index contributed by atoms with van der Waals surface area (Å²) in [6.07, 6.45) is 3.43. The number of nitrogens with zero attached hydrogens (tertiary/aromatic N) is 5. The van der Waals surface area contributed by atoms with E-state index < -0.39 is 0 Å². The summed E-state index contributed by atoms with van der Waals surface area (Å²) in [5.74, 6) is 2.51. The van der Waals surface area contributed by atoms with Gasteiger partial charge in [0.25, 0.3) is 0 Å². The Labute approximate surface area is 181 Å². The van der Waals surface area contributed by atoms with Gasteiger partial charge in [-0.15, -0.1) is 5.10 Å². The molecule has 160 valence electrons. The van der Waals surface area contributed by atoms with Crippen molar-refractivity contribution in [2.24, 2.45) is 5.92 Å². The van der Waals surface area contributed by atoms with Crippen LogP contribution >= 0.6 is 0 Å². The Bertz CT molecular complexity index is 1070. The minimum Gasteiger partial charge on any atom is -0.486 e. The predicted molar refractivity (Wildman–Crippen MR) is 119 cm³/mol. The van der Waals surface area contributed by atoms with Gasteiger partial charge in [-0.3, -0.25) is 0 Å². The van der Waals surface area contributed by atoms with Gasteiger partial charge in [-0.05, 0) is 45.7 Å². The Morgan fingerprint density at radius 3 is 2.10 bits per heavy atom. The second-order valence-electron chi connectivity index (χ2n) is 7.66. The zero-order valence-corrected chi connectivity index (χ0v) is 18.0. The summed E-state index contributed by atoms with van der Waals surface area (Å²) in [5, 5.41) is 14.1. The summed E-state index contributed by atoms with van der Waals surface area (Å²) < 4.78 is 5.84. The molecule has 2 heterocycles. The molecular formula is C23H27N7O. The van der Waals surface area contributed by atoms with Gasteiger partial charge in [0, 0.05) is 23.4 Å². The molecule has 2 aromatic carbocycles. The molecule has 8 heteroatoms. The number of tetrazole rings is 1. The summed E-state index contributed by atoms with van der Waals surface area (Å²) in [6, 6.07) is 18.5. The Hall–Kier alpha value is -3.65. The van der Waals surface area contributed by atoms with Crippen molar-refractivity contribution < 1.29 is 4.74 Å². The van der Waals surface area contributed by atoms with Crippen LogP contribution in [0.3, 0.4) is 0 Å². The third-order valence-corrected chi connectivity index (χ3v) is 5.70. The van der Waals surface area contributed by atoms with E-state index in [9.17, 15) is 0 Å². The van der Waals surface area contributed by atoms with Gasteiger partial charge in [-0.25, -0.2) is 15.1 Å². The summed E-state index contributed by atoms with van der Waals surface area (Å²) in [5.41, 5.74) is 3.27. The summed E-state index contributed by atoms with van der Waals surface area (Å²) in [4.78, 5) is 8.38. The minimum atomic E-state index is -0.154. The second kappa shape index (κ2) is 9.44. The fourth-order valence-corrected chi connectivity index (χ4v) is 3.54. The number of H-pyrrole nitrogens is 1. The molecule has 0 fully saturated rings. The van der Waals surface area contributed by atoms with Crippen LogP contribution in [0.1, 0.15) is 37.7 Å². The molecule has 0 saturated carbocycles. The van der Waals surface area contributed by atoms with Gasteiger partial charge in [0.05, 0.1) is 0 Å². The Morgan fingerprint density at radius 2 is 1.55 bits per heavy atom. The Morgan fingerprint density at radius 1 is 0.935 bits per heavy atom. The van der Waals surface area contributed by atoms with E-state index in [0.29, 0.717) is 24.2 Å². The van der Waals surface area contributed by atoms with Crippen molar-refractivity contribution in [3.63, 3.8) is 0 Å². The molecule has 0 aliphatic carbocycles. The minimum absolute atomic E-state index is 0. The number of aromatic nitrogens is 6. The van der Waals surface area contributed by atoms with E-state index >= 15 is 0 Å². The molecule has 0 bridgehead atoms. The van der Waals surface area contributed by atoms with Crippen molar-refractivity contribution in [3.05, 3.63) is 83.9 Å². The Balaban J connectivity index is 0.00000272. The first-order valence-electron chi connectivity index (χ1n) is 9.91. The topological polar surface area (TPSA) is 124 Å².